The zero-order valence-corrected chi connectivity index (χ0v) is 10.6. The monoisotopic (exact) mass is 245 g/mol. The lowest BCUT2D eigenvalue weighted by atomic mass is 9.93. The van der Waals surface area contributed by atoms with Crippen LogP contribution < -0.4 is 0 Å². The van der Waals surface area contributed by atoms with Crippen molar-refractivity contribution in [2.45, 2.75) is 25.9 Å². The van der Waals surface area contributed by atoms with Gasteiger partial charge in [0.1, 0.15) is 0 Å². The van der Waals surface area contributed by atoms with Crippen LogP contribution in [0, 0.1) is 17.2 Å². The molecule has 2 nitrogen and oxygen atoms in total. The van der Waals surface area contributed by atoms with Gasteiger partial charge in [0.25, 0.3) is 0 Å². The van der Waals surface area contributed by atoms with Gasteiger partial charge in [-0.15, -0.1) is 11.3 Å². The van der Waals surface area contributed by atoms with E-state index < -0.39 is 6.10 Å². The van der Waals surface area contributed by atoms with Crippen molar-refractivity contribution in [3.8, 4) is 6.07 Å². The number of aliphatic hydroxyl groups excluding tert-OH is 1. The Bertz CT molecular complexity index is 540. The van der Waals surface area contributed by atoms with Crippen LogP contribution in [-0.4, -0.2) is 5.11 Å². The van der Waals surface area contributed by atoms with Crippen molar-refractivity contribution in [1.29, 1.82) is 5.26 Å². The van der Waals surface area contributed by atoms with Gasteiger partial charge < -0.3 is 5.11 Å². The number of aliphatic hydroxyl groups is 1. The minimum Gasteiger partial charge on any atom is -0.387 e. The van der Waals surface area contributed by atoms with Crippen LogP contribution in [0.15, 0.2) is 29.6 Å². The molecule has 3 heteroatoms. The summed E-state index contributed by atoms with van der Waals surface area (Å²) in [5, 5.41) is 22.4. The van der Waals surface area contributed by atoms with Gasteiger partial charge in [0, 0.05) is 10.3 Å². The van der Waals surface area contributed by atoms with E-state index in [0.717, 1.165) is 28.5 Å². The van der Waals surface area contributed by atoms with Gasteiger partial charge >= 0.3 is 0 Å². The number of nitrogens with zero attached hydrogens (tertiary/aromatic N) is 1. The van der Waals surface area contributed by atoms with Gasteiger partial charge in [-0.1, -0.05) is 31.5 Å². The Labute approximate surface area is 105 Å². The van der Waals surface area contributed by atoms with Crippen molar-refractivity contribution in [2.24, 2.45) is 5.92 Å². The van der Waals surface area contributed by atoms with Gasteiger partial charge in [-0.2, -0.15) is 5.26 Å². The largest absolute Gasteiger partial charge is 0.387 e. The molecular formula is C14H15NOS. The summed E-state index contributed by atoms with van der Waals surface area (Å²) in [6.07, 6.45) is 0.982. The van der Waals surface area contributed by atoms with E-state index in [2.05, 4.69) is 6.07 Å². The molecule has 88 valence electrons. The van der Waals surface area contributed by atoms with Crippen molar-refractivity contribution >= 4 is 21.4 Å². The molecule has 0 spiro atoms. The first kappa shape index (κ1) is 12.1. The molecule has 2 atom stereocenters. The maximum Gasteiger partial charge on any atom is 0.0962 e. The van der Waals surface area contributed by atoms with E-state index in [1.54, 1.807) is 11.3 Å². The molecule has 0 fully saturated rings. The fourth-order valence-electron chi connectivity index (χ4n) is 2.05. The van der Waals surface area contributed by atoms with Crippen LogP contribution in [0.4, 0.5) is 0 Å². The van der Waals surface area contributed by atoms with Gasteiger partial charge in [0.15, 0.2) is 0 Å². The van der Waals surface area contributed by atoms with Crippen LogP contribution in [-0.2, 0) is 0 Å². The number of benzene rings is 1. The van der Waals surface area contributed by atoms with Crippen LogP contribution in [0.2, 0.25) is 0 Å². The molecule has 1 aromatic heterocycles. The van der Waals surface area contributed by atoms with Crippen molar-refractivity contribution in [1.82, 2.24) is 0 Å². The summed E-state index contributed by atoms with van der Waals surface area (Å²) in [6.45, 7) is 2.03. The second-order valence-electron chi connectivity index (χ2n) is 4.16. The third-order valence-corrected chi connectivity index (χ3v) is 3.96. The summed E-state index contributed by atoms with van der Waals surface area (Å²) >= 11 is 1.62. The molecular weight excluding hydrogens is 230 g/mol. The summed E-state index contributed by atoms with van der Waals surface area (Å²) in [4.78, 5) is 0. The molecule has 1 aromatic carbocycles. The van der Waals surface area contributed by atoms with Crippen LogP contribution in [0.3, 0.4) is 0 Å². The average Bonchev–Trinajstić information content (AvgIpc) is 2.79. The normalized spacial score (nSPS) is 14.4. The Kier molecular flexibility index (Phi) is 3.78. The first-order chi connectivity index (χ1) is 8.27. The third kappa shape index (κ3) is 2.33. The zero-order chi connectivity index (χ0) is 12.3. The third-order valence-electron chi connectivity index (χ3n) is 2.98. The number of rotatable bonds is 4. The van der Waals surface area contributed by atoms with Crippen molar-refractivity contribution in [3.05, 3.63) is 35.2 Å². The molecule has 0 saturated heterocycles. The lowest BCUT2D eigenvalue weighted by Crippen LogP contribution is -2.10. The van der Waals surface area contributed by atoms with E-state index in [-0.39, 0.29) is 5.92 Å². The summed E-state index contributed by atoms with van der Waals surface area (Å²) in [5.74, 6) is -0.307. The molecule has 0 bridgehead atoms. The van der Waals surface area contributed by atoms with E-state index in [1.165, 1.54) is 0 Å². The molecule has 0 amide bonds. The topological polar surface area (TPSA) is 44.0 Å². The van der Waals surface area contributed by atoms with Crippen LogP contribution in [0.1, 0.15) is 31.4 Å². The molecule has 1 heterocycles. The van der Waals surface area contributed by atoms with Gasteiger partial charge in [0.2, 0.25) is 0 Å². The van der Waals surface area contributed by atoms with E-state index >= 15 is 0 Å². The van der Waals surface area contributed by atoms with Gasteiger partial charge in [-0.3, -0.25) is 0 Å². The zero-order valence-electron chi connectivity index (χ0n) is 9.76. The van der Waals surface area contributed by atoms with E-state index in [4.69, 9.17) is 5.26 Å². The lowest BCUT2D eigenvalue weighted by Gasteiger charge is -2.15. The molecule has 17 heavy (non-hydrogen) atoms. The van der Waals surface area contributed by atoms with Crippen LogP contribution in [0.25, 0.3) is 10.1 Å². The highest BCUT2D eigenvalue weighted by Crippen LogP contribution is 2.34. The molecule has 1 N–H and O–H groups in total. The molecule has 2 rings (SSSR count). The Morgan fingerprint density at radius 2 is 2.18 bits per heavy atom. The van der Waals surface area contributed by atoms with Crippen LogP contribution in [0.5, 0.6) is 0 Å². The van der Waals surface area contributed by atoms with E-state index in [0.29, 0.717) is 0 Å². The maximum absolute atomic E-state index is 10.3. The smallest absolute Gasteiger partial charge is 0.0962 e. The molecule has 2 aromatic rings. The number of thiophene rings is 1. The van der Waals surface area contributed by atoms with Crippen molar-refractivity contribution in [2.75, 3.05) is 0 Å². The second kappa shape index (κ2) is 5.31. The number of nitriles is 1. The van der Waals surface area contributed by atoms with Gasteiger partial charge in [-0.25, -0.2) is 0 Å². The minimum absolute atomic E-state index is 0.307. The lowest BCUT2D eigenvalue weighted by molar-refractivity contribution is 0.131. The predicted octanol–water partition coefficient (Wildman–Crippen LogP) is 3.87. The van der Waals surface area contributed by atoms with Gasteiger partial charge in [0.05, 0.1) is 18.1 Å². The highest BCUT2D eigenvalue weighted by atomic mass is 32.1. The number of hydrogen-bond donors (Lipinski definition) is 1. The maximum atomic E-state index is 10.3. The Hall–Kier alpha value is -1.37. The SMILES string of the molecule is CCCC(C#N)C(O)c1csc2ccccc12. The second-order valence-corrected chi connectivity index (χ2v) is 5.07. The minimum atomic E-state index is -0.670. The number of fused-ring (bicyclic) bond motifs is 1. The molecule has 2 unspecified atom stereocenters. The fourth-order valence-corrected chi connectivity index (χ4v) is 3.04. The average molecular weight is 245 g/mol. The Morgan fingerprint density at radius 1 is 1.41 bits per heavy atom. The predicted molar refractivity (Wildman–Crippen MR) is 70.8 cm³/mol. The summed E-state index contributed by atoms with van der Waals surface area (Å²) in [6, 6.07) is 10.2. The fraction of sp³-hybridized carbons (Fsp3) is 0.357. The molecule has 0 saturated carbocycles. The first-order valence-corrected chi connectivity index (χ1v) is 6.69. The summed E-state index contributed by atoms with van der Waals surface area (Å²) in [7, 11) is 0. The number of hydrogen-bond acceptors (Lipinski definition) is 3. The van der Waals surface area contributed by atoms with Crippen molar-refractivity contribution < 1.29 is 5.11 Å². The summed E-state index contributed by atoms with van der Waals surface area (Å²) < 4.78 is 1.16. The first-order valence-electron chi connectivity index (χ1n) is 5.81. The molecule has 0 radical (unpaired) electrons. The van der Waals surface area contributed by atoms with Gasteiger partial charge in [-0.05, 0) is 23.3 Å². The highest BCUT2D eigenvalue weighted by Gasteiger charge is 2.22. The molecule has 0 aliphatic rings. The Morgan fingerprint density at radius 3 is 2.88 bits per heavy atom. The highest BCUT2D eigenvalue weighted by molar-refractivity contribution is 7.17. The summed E-state index contributed by atoms with van der Waals surface area (Å²) in [5.41, 5.74) is 0.894. The van der Waals surface area contributed by atoms with E-state index in [1.807, 2.05) is 36.6 Å². The van der Waals surface area contributed by atoms with Crippen LogP contribution >= 0.6 is 11.3 Å². The Balaban J connectivity index is 2.36. The standard InChI is InChI=1S/C14H15NOS/c1-2-5-10(8-15)14(16)12-9-17-13-7-4-3-6-11(12)13/h3-4,6-7,9-10,14,16H,2,5H2,1H3. The quantitative estimate of drug-likeness (QED) is 0.888. The van der Waals surface area contributed by atoms with Crippen molar-refractivity contribution in [3.63, 3.8) is 0 Å². The van der Waals surface area contributed by atoms with E-state index in [9.17, 15) is 5.11 Å². The molecule has 0 aliphatic carbocycles. The molecule has 0 aliphatic heterocycles.